The SMILES string of the molecule is C/C=C/[C@@H]1CC=C(/C=C\C=C\CC)C1. The van der Waals surface area contributed by atoms with Crippen molar-refractivity contribution in [1.29, 1.82) is 0 Å². The Bertz CT molecular complexity index is 264. The molecular formula is C14H20. The molecule has 0 bridgehead atoms. The van der Waals surface area contributed by atoms with E-state index < -0.39 is 0 Å². The van der Waals surface area contributed by atoms with Crippen molar-refractivity contribution in [3.05, 3.63) is 48.1 Å². The fourth-order valence-electron chi connectivity index (χ4n) is 1.72. The first kappa shape index (κ1) is 11.0. The van der Waals surface area contributed by atoms with Crippen LogP contribution in [0.3, 0.4) is 0 Å². The lowest BCUT2D eigenvalue weighted by atomic mass is 10.1. The van der Waals surface area contributed by atoms with Crippen molar-refractivity contribution in [3.8, 4) is 0 Å². The Balaban J connectivity index is 2.35. The van der Waals surface area contributed by atoms with Crippen LogP contribution in [-0.4, -0.2) is 0 Å². The van der Waals surface area contributed by atoms with Crippen LogP contribution in [0.1, 0.15) is 33.1 Å². The smallest absolute Gasteiger partial charge is 0.0158 e. The van der Waals surface area contributed by atoms with E-state index in [1.54, 1.807) is 0 Å². The maximum absolute atomic E-state index is 2.35. The Hall–Kier alpha value is -1.04. The second-order valence-corrected chi connectivity index (χ2v) is 3.70. The van der Waals surface area contributed by atoms with E-state index in [0.717, 1.165) is 12.3 Å². The van der Waals surface area contributed by atoms with Gasteiger partial charge in [0.15, 0.2) is 0 Å². The summed E-state index contributed by atoms with van der Waals surface area (Å²) in [5, 5.41) is 0. The van der Waals surface area contributed by atoms with Crippen LogP contribution in [0, 0.1) is 5.92 Å². The minimum absolute atomic E-state index is 0.745. The highest BCUT2D eigenvalue weighted by Crippen LogP contribution is 2.26. The molecule has 0 heteroatoms. The Morgan fingerprint density at radius 2 is 2.29 bits per heavy atom. The van der Waals surface area contributed by atoms with Crippen molar-refractivity contribution in [2.45, 2.75) is 33.1 Å². The van der Waals surface area contributed by atoms with E-state index in [4.69, 9.17) is 0 Å². The summed E-state index contributed by atoms with van der Waals surface area (Å²) >= 11 is 0. The van der Waals surface area contributed by atoms with E-state index in [2.05, 4.69) is 56.4 Å². The molecule has 0 unspecified atom stereocenters. The van der Waals surface area contributed by atoms with Gasteiger partial charge in [-0.1, -0.05) is 55.0 Å². The average Bonchev–Trinajstić information content (AvgIpc) is 2.61. The van der Waals surface area contributed by atoms with Crippen LogP contribution in [-0.2, 0) is 0 Å². The van der Waals surface area contributed by atoms with Gasteiger partial charge in [0.25, 0.3) is 0 Å². The van der Waals surface area contributed by atoms with Crippen LogP contribution in [0.4, 0.5) is 0 Å². The summed E-state index contributed by atoms with van der Waals surface area (Å²) in [4.78, 5) is 0. The van der Waals surface area contributed by atoms with Gasteiger partial charge in [0.2, 0.25) is 0 Å². The minimum atomic E-state index is 0.745. The van der Waals surface area contributed by atoms with E-state index in [9.17, 15) is 0 Å². The lowest BCUT2D eigenvalue weighted by Gasteiger charge is -2.00. The molecule has 0 saturated carbocycles. The van der Waals surface area contributed by atoms with Gasteiger partial charge in [-0.3, -0.25) is 0 Å². The molecule has 0 fully saturated rings. The van der Waals surface area contributed by atoms with E-state index in [-0.39, 0.29) is 0 Å². The highest BCUT2D eigenvalue weighted by molar-refractivity contribution is 5.27. The first-order valence-electron chi connectivity index (χ1n) is 5.52. The highest BCUT2D eigenvalue weighted by Gasteiger charge is 2.11. The second-order valence-electron chi connectivity index (χ2n) is 3.70. The molecule has 0 aromatic rings. The fourth-order valence-corrected chi connectivity index (χ4v) is 1.72. The maximum Gasteiger partial charge on any atom is -0.0158 e. The van der Waals surface area contributed by atoms with Crippen LogP contribution in [0.15, 0.2) is 48.1 Å². The molecule has 0 nitrogen and oxygen atoms in total. The molecule has 76 valence electrons. The first-order valence-corrected chi connectivity index (χ1v) is 5.52. The number of hydrogen-bond acceptors (Lipinski definition) is 0. The lowest BCUT2D eigenvalue weighted by Crippen LogP contribution is -1.87. The summed E-state index contributed by atoms with van der Waals surface area (Å²) in [5.74, 6) is 0.745. The first-order chi connectivity index (χ1) is 6.86. The Labute approximate surface area is 87.7 Å². The monoisotopic (exact) mass is 188 g/mol. The largest absolute Gasteiger partial charge is 0.0914 e. The van der Waals surface area contributed by atoms with Gasteiger partial charge in [0, 0.05) is 0 Å². The van der Waals surface area contributed by atoms with E-state index in [1.807, 2.05) is 0 Å². The topological polar surface area (TPSA) is 0 Å². The third-order valence-electron chi connectivity index (χ3n) is 2.44. The molecule has 14 heavy (non-hydrogen) atoms. The summed E-state index contributed by atoms with van der Waals surface area (Å²) < 4.78 is 0. The van der Waals surface area contributed by atoms with Gasteiger partial charge in [0.1, 0.15) is 0 Å². The average molecular weight is 188 g/mol. The predicted octanol–water partition coefficient (Wildman–Crippen LogP) is 4.42. The Morgan fingerprint density at radius 1 is 1.43 bits per heavy atom. The minimum Gasteiger partial charge on any atom is -0.0914 e. The summed E-state index contributed by atoms with van der Waals surface area (Å²) in [6, 6.07) is 0. The zero-order chi connectivity index (χ0) is 10.2. The van der Waals surface area contributed by atoms with Crippen LogP contribution < -0.4 is 0 Å². The van der Waals surface area contributed by atoms with Gasteiger partial charge >= 0.3 is 0 Å². The summed E-state index contributed by atoms with van der Waals surface area (Å²) in [7, 11) is 0. The molecule has 1 atom stereocenters. The van der Waals surface area contributed by atoms with E-state index >= 15 is 0 Å². The number of rotatable bonds is 4. The molecule has 0 saturated heterocycles. The van der Waals surface area contributed by atoms with Crippen LogP contribution in [0.5, 0.6) is 0 Å². The quantitative estimate of drug-likeness (QED) is 0.452. The number of hydrogen-bond donors (Lipinski definition) is 0. The fraction of sp³-hybridized carbons (Fsp3) is 0.429. The summed E-state index contributed by atoms with van der Waals surface area (Å²) in [6.45, 7) is 4.25. The molecule has 1 aliphatic rings. The molecule has 1 aliphatic carbocycles. The second kappa shape index (κ2) is 6.42. The van der Waals surface area contributed by atoms with Gasteiger partial charge in [0.05, 0.1) is 0 Å². The molecule has 0 aromatic heterocycles. The molecule has 1 rings (SSSR count). The molecule has 0 aliphatic heterocycles. The third-order valence-corrected chi connectivity index (χ3v) is 2.44. The zero-order valence-electron chi connectivity index (χ0n) is 9.24. The molecule has 0 spiro atoms. The van der Waals surface area contributed by atoms with Crippen LogP contribution in [0.25, 0.3) is 0 Å². The van der Waals surface area contributed by atoms with Gasteiger partial charge in [-0.25, -0.2) is 0 Å². The van der Waals surface area contributed by atoms with Gasteiger partial charge in [-0.05, 0) is 32.1 Å². The standard InChI is InChI=1S/C14H20/c1-3-5-6-7-9-14-11-10-13(12-14)8-4-2/h4-9,11,13H,3,10,12H2,1-2H3/b6-5+,8-4+,9-7-/t13-/m1/s1. The van der Waals surface area contributed by atoms with Crippen molar-refractivity contribution < 1.29 is 0 Å². The zero-order valence-corrected chi connectivity index (χ0v) is 9.24. The van der Waals surface area contributed by atoms with Crippen LogP contribution in [0.2, 0.25) is 0 Å². The van der Waals surface area contributed by atoms with Crippen molar-refractivity contribution >= 4 is 0 Å². The Kier molecular flexibility index (Phi) is 5.06. The summed E-state index contributed by atoms with van der Waals surface area (Å²) in [5.41, 5.74) is 1.48. The molecule has 0 aromatic carbocycles. The maximum atomic E-state index is 2.35. The molecule has 0 heterocycles. The van der Waals surface area contributed by atoms with Crippen LogP contribution >= 0.6 is 0 Å². The molecule has 0 N–H and O–H groups in total. The molecule has 0 radical (unpaired) electrons. The van der Waals surface area contributed by atoms with Crippen molar-refractivity contribution in [1.82, 2.24) is 0 Å². The van der Waals surface area contributed by atoms with E-state index in [1.165, 1.54) is 18.4 Å². The van der Waals surface area contributed by atoms with Gasteiger partial charge < -0.3 is 0 Å². The number of allylic oxidation sites excluding steroid dienone is 8. The van der Waals surface area contributed by atoms with Gasteiger partial charge in [-0.2, -0.15) is 0 Å². The van der Waals surface area contributed by atoms with Crippen molar-refractivity contribution in [3.63, 3.8) is 0 Å². The third kappa shape index (κ3) is 3.78. The van der Waals surface area contributed by atoms with E-state index in [0.29, 0.717) is 0 Å². The molecule has 0 amide bonds. The molecular weight excluding hydrogens is 168 g/mol. The van der Waals surface area contributed by atoms with Crippen molar-refractivity contribution in [2.24, 2.45) is 5.92 Å². The highest BCUT2D eigenvalue weighted by atomic mass is 14.2. The normalized spacial score (nSPS) is 23.0. The lowest BCUT2D eigenvalue weighted by molar-refractivity contribution is 0.707. The summed E-state index contributed by atoms with van der Waals surface area (Å²) in [6.07, 6.45) is 19.0. The predicted molar refractivity (Wildman–Crippen MR) is 64.2 cm³/mol. The Morgan fingerprint density at radius 3 is 3.00 bits per heavy atom. The van der Waals surface area contributed by atoms with Crippen molar-refractivity contribution in [2.75, 3.05) is 0 Å². The van der Waals surface area contributed by atoms with Gasteiger partial charge in [-0.15, -0.1) is 0 Å².